The van der Waals surface area contributed by atoms with E-state index in [1.54, 1.807) is 7.11 Å². The second-order valence-corrected chi connectivity index (χ2v) is 6.97. The first kappa shape index (κ1) is 23.1. The topological polar surface area (TPSA) is 61.4 Å². The first-order chi connectivity index (χ1) is 12.7. The monoisotopic (exact) mass is 371 g/mol. The number of likely N-dealkylation sites (N-methyl/N-ethyl adjacent to an activating group) is 1. The number of hydrogen-bond acceptors (Lipinski definition) is 5. The number of nitrogens with zero attached hydrogens (tertiary/aromatic N) is 3. The molecule has 0 aliphatic carbocycles. The van der Waals surface area contributed by atoms with E-state index in [2.05, 4.69) is 46.3 Å². The quantitative estimate of drug-likeness (QED) is 0.392. The van der Waals surface area contributed by atoms with Gasteiger partial charge in [-0.3, -0.25) is 9.89 Å². The van der Waals surface area contributed by atoms with Crippen molar-refractivity contribution >= 4 is 5.96 Å². The van der Waals surface area contributed by atoms with Crippen LogP contribution in [0.4, 0.5) is 0 Å². The van der Waals surface area contributed by atoms with E-state index in [9.17, 15) is 0 Å². The summed E-state index contributed by atoms with van der Waals surface area (Å²) in [7, 11) is 5.69. The van der Waals surface area contributed by atoms with Gasteiger partial charge in [-0.15, -0.1) is 0 Å². The molecule has 1 fully saturated rings. The van der Waals surface area contributed by atoms with Crippen LogP contribution in [0.2, 0.25) is 0 Å². The zero-order chi connectivity index (χ0) is 19.2. The summed E-state index contributed by atoms with van der Waals surface area (Å²) in [5.74, 6) is 1.58. The maximum absolute atomic E-state index is 5.54. The van der Waals surface area contributed by atoms with E-state index >= 15 is 0 Å². The summed E-state index contributed by atoms with van der Waals surface area (Å²) < 4.78 is 10.7. The molecule has 1 rings (SSSR count). The number of methoxy groups -OCH3 is 1. The number of morpholine rings is 1. The molecule has 26 heavy (non-hydrogen) atoms. The van der Waals surface area contributed by atoms with Gasteiger partial charge in [-0.1, -0.05) is 26.7 Å². The van der Waals surface area contributed by atoms with Crippen molar-refractivity contribution in [3.05, 3.63) is 0 Å². The number of hydrogen-bond donors (Lipinski definition) is 2. The number of nitrogens with one attached hydrogen (secondary N) is 2. The van der Waals surface area contributed by atoms with E-state index in [1.807, 2.05) is 7.05 Å². The Morgan fingerprint density at radius 2 is 1.88 bits per heavy atom. The second kappa shape index (κ2) is 14.2. The molecule has 0 saturated carbocycles. The minimum absolute atomic E-state index is 0.525. The fourth-order valence-electron chi connectivity index (χ4n) is 3.48. The highest BCUT2D eigenvalue weighted by molar-refractivity contribution is 5.79. The summed E-state index contributed by atoms with van der Waals surface area (Å²) in [5.41, 5.74) is 0. The zero-order valence-electron chi connectivity index (χ0n) is 17.6. The summed E-state index contributed by atoms with van der Waals surface area (Å²) in [5, 5.41) is 6.97. The molecule has 0 spiro atoms. The van der Waals surface area contributed by atoms with Gasteiger partial charge in [-0.25, -0.2) is 0 Å². The van der Waals surface area contributed by atoms with E-state index in [4.69, 9.17) is 9.47 Å². The van der Waals surface area contributed by atoms with Crippen molar-refractivity contribution in [1.82, 2.24) is 20.4 Å². The summed E-state index contributed by atoms with van der Waals surface area (Å²) in [4.78, 5) is 9.22. The first-order valence-electron chi connectivity index (χ1n) is 10.1. The minimum Gasteiger partial charge on any atom is -0.383 e. The summed E-state index contributed by atoms with van der Waals surface area (Å²) in [6.45, 7) is 12.8. The van der Waals surface area contributed by atoms with Crippen LogP contribution < -0.4 is 10.6 Å². The van der Waals surface area contributed by atoms with Gasteiger partial charge in [0.1, 0.15) is 0 Å². The lowest BCUT2D eigenvalue weighted by Crippen LogP contribution is -2.53. The number of guanidine groups is 1. The van der Waals surface area contributed by atoms with Crippen molar-refractivity contribution in [2.45, 2.75) is 32.7 Å². The molecule has 7 heteroatoms. The molecule has 0 radical (unpaired) electrons. The zero-order valence-corrected chi connectivity index (χ0v) is 17.6. The molecule has 1 unspecified atom stereocenters. The molecule has 1 aliphatic rings. The Morgan fingerprint density at radius 3 is 2.46 bits per heavy atom. The SMILES string of the molecule is CCC(CC)C(CNC(=NC)NCCN(C)CCOC)N1CCOCC1. The fourth-order valence-corrected chi connectivity index (χ4v) is 3.48. The lowest BCUT2D eigenvalue weighted by Gasteiger charge is -2.39. The Kier molecular flexibility index (Phi) is 12.6. The van der Waals surface area contributed by atoms with E-state index in [0.29, 0.717) is 12.0 Å². The molecule has 154 valence electrons. The summed E-state index contributed by atoms with van der Waals surface area (Å²) in [6.07, 6.45) is 2.41. The van der Waals surface area contributed by atoms with Gasteiger partial charge in [0.05, 0.1) is 19.8 Å². The van der Waals surface area contributed by atoms with E-state index < -0.39 is 0 Å². The van der Waals surface area contributed by atoms with Crippen LogP contribution in [-0.4, -0.2) is 102 Å². The predicted octanol–water partition coefficient (Wildman–Crippen LogP) is 0.867. The minimum atomic E-state index is 0.525. The molecular formula is C19H41N5O2. The van der Waals surface area contributed by atoms with Crippen LogP contribution in [0, 0.1) is 5.92 Å². The van der Waals surface area contributed by atoms with Crippen LogP contribution in [0.5, 0.6) is 0 Å². The van der Waals surface area contributed by atoms with Crippen molar-refractivity contribution in [1.29, 1.82) is 0 Å². The molecular weight excluding hydrogens is 330 g/mol. The molecule has 0 aromatic carbocycles. The first-order valence-corrected chi connectivity index (χ1v) is 10.1. The third kappa shape index (κ3) is 8.66. The highest BCUT2D eigenvalue weighted by Gasteiger charge is 2.26. The van der Waals surface area contributed by atoms with Gasteiger partial charge >= 0.3 is 0 Å². The standard InChI is InChI=1S/C19H41N5O2/c1-6-17(7-2)18(24-11-14-26-15-12-24)16-22-19(20-3)21-8-9-23(4)10-13-25-5/h17-18H,6-16H2,1-5H3,(H2,20,21,22). The third-order valence-electron chi connectivity index (χ3n) is 5.27. The smallest absolute Gasteiger partial charge is 0.191 e. The molecule has 1 saturated heterocycles. The van der Waals surface area contributed by atoms with Crippen LogP contribution in [0.25, 0.3) is 0 Å². The fraction of sp³-hybridized carbons (Fsp3) is 0.947. The average molecular weight is 372 g/mol. The molecule has 1 atom stereocenters. The molecule has 0 bridgehead atoms. The molecule has 7 nitrogen and oxygen atoms in total. The Morgan fingerprint density at radius 1 is 1.19 bits per heavy atom. The van der Waals surface area contributed by atoms with Gasteiger partial charge in [0.2, 0.25) is 0 Å². The van der Waals surface area contributed by atoms with Gasteiger partial charge in [-0.2, -0.15) is 0 Å². The normalized spacial score (nSPS) is 17.7. The summed E-state index contributed by atoms with van der Waals surface area (Å²) >= 11 is 0. The lowest BCUT2D eigenvalue weighted by molar-refractivity contribution is 0.00272. The second-order valence-electron chi connectivity index (χ2n) is 6.97. The van der Waals surface area contributed by atoms with Gasteiger partial charge in [0.15, 0.2) is 5.96 Å². The largest absolute Gasteiger partial charge is 0.383 e. The Hall–Kier alpha value is -0.890. The van der Waals surface area contributed by atoms with Crippen molar-refractivity contribution in [2.24, 2.45) is 10.9 Å². The number of rotatable bonds is 12. The van der Waals surface area contributed by atoms with Gasteiger partial charge in [-0.05, 0) is 13.0 Å². The Labute approximate surface area is 160 Å². The van der Waals surface area contributed by atoms with Crippen molar-refractivity contribution in [2.75, 3.05) is 80.3 Å². The number of ether oxygens (including phenoxy) is 2. The highest BCUT2D eigenvalue weighted by Crippen LogP contribution is 2.19. The van der Waals surface area contributed by atoms with Crippen molar-refractivity contribution in [3.8, 4) is 0 Å². The molecule has 2 N–H and O–H groups in total. The summed E-state index contributed by atoms with van der Waals surface area (Å²) in [6, 6.07) is 0.525. The third-order valence-corrected chi connectivity index (χ3v) is 5.27. The molecule has 1 aliphatic heterocycles. The average Bonchev–Trinajstić information content (AvgIpc) is 2.68. The van der Waals surface area contributed by atoms with Crippen LogP contribution in [0.3, 0.4) is 0 Å². The maximum Gasteiger partial charge on any atom is 0.191 e. The van der Waals surface area contributed by atoms with Gasteiger partial charge < -0.3 is 25.0 Å². The van der Waals surface area contributed by atoms with Crippen LogP contribution in [-0.2, 0) is 9.47 Å². The molecule has 0 amide bonds. The highest BCUT2D eigenvalue weighted by atomic mass is 16.5. The van der Waals surface area contributed by atoms with Crippen molar-refractivity contribution < 1.29 is 9.47 Å². The molecule has 0 aromatic rings. The van der Waals surface area contributed by atoms with E-state index in [0.717, 1.165) is 65.0 Å². The maximum atomic E-state index is 5.54. The Bertz CT molecular complexity index is 371. The van der Waals surface area contributed by atoms with Gasteiger partial charge in [0.25, 0.3) is 0 Å². The van der Waals surface area contributed by atoms with Gasteiger partial charge in [0, 0.05) is 59.5 Å². The Balaban J connectivity index is 2.45. The van der Waals surface area contributed by atoms with Crippen LogP contribution in [0.15, 0.2) is 4.99 Å². The number of aliphatic imine (C=N–C) groups is 1. The lowest BCUT2D eigenvalue weighted by atomic mass is 9.92. The van der Waals surface area contributed by atoms with E-state index in [1.165, 1.54) is 12.8 Å². The van der Waals surface area contributed by atoms with Crippen molar-refractivity contribution in [3.63, 3.8) is 0 Å². The molecule has 1 heterocycles. The molecule has 0 aromatic heterocycles. The van der Waals surface area contributed by atoms with Crippen LogP contribution >= 0.6 is 0 Å². The predicted molar refractivity (Wildman–Crippen MR) is 109 cm³/mol. The van der Waals surface area contributed by atoms with E-state index in [-0.39, 0.29) is 0 Å². The van der Waals surface area contributed by atoms with Crippen LogP contribution in [0.1, 0.15) is 26.7 Å².